The van der Waals surface area contributed by atoms with Crippen LogP contribution in [0.2, 0.25) is 0 Å². The molecule has 0 aliphatic carbocycles. The van der Waals surface area contributed by atoms with E-state index < -0.39 is 5.92 Å². The zero-order valence-electron chi connectivity index (χ0n) is 10.8. The van der Waals surface area contributed by atoms with Crippen molar-refractivity contribution >= 4 is 0 Å². The van der Waals surface area contributed by atoms with Crippen LogP contribution in [0.3, 0.4) is 0 Å². The van der Waals surface area contributed by atoms with E-state index >= 15 is 0 Å². The highest BCUT2D eigenvalue weighted by Gasteiger charge is 2.30. The monoisotopic (exact) mass is 269 g/mol. The van der Waals surface area contributed by atoms with Crippen molar-refractivity contribution in [2.75, 3.05) is 13.3 Å². The average Bonchev–Trinajstić information content (AvgIpc) is 2.97. The molecule has 3 nitrogen and oxygen atoms in total. The molecule has 1 unspecified atom stereocenters. The summed E-state index contributed by atoms with van der Waals surface area (Å²) in [6, 6.07) is 3.27. The molecule has 0 amide bonds. The number of benzene rings is 1. The van der Waals surface area contributed by atoms with Crippen molar-refractivity contribution in [3.8, 4) is 11.5 Å². The number of ether oxygens (including phenoxy) is 2. The second kappa shape index (κ2) is 4.63. The van der Waals surface area contributed by atoms with E-state index in [4.69, 9.17) is 9.47 Å². The zero-order chi connectivity index (χ0) is 13.5. The van der Waals surface area contributed by atoms with Crippen molar-refractivity contribution in [3.05, 3.63) is 23.3 Å². The van der Waals surface area contributed by atoms with Gasteiger partial charge in [0.05, 0.1) is 0 Å². The highest BCUT2D eigenvalue weighted by molar-refractivity contribution is 5.52. The van der Waals surface area contributed by atoms with Gasteiger partial charge in [0.1, 0.15) is 0 Å². The van der Waals surface area contributed by atoms with E-state index in [0.29, 0.717) is 24.0 Å². The summed E-state index contributed by atoms with van der Waals surface area (Å²) in [6.45, 7) is 2.01. The lowest BCUT2D eigenvalue weighted by molar-refractivity contribution is 0.0172. The third-order valence-corrected chi connectivity index (χ3v) is 3.69. The molecule has 2 heterocycles. The molecule has 1 saturated heterocycles. The molecule has 1 aromatic carbocycles. The Morgan fingerprint density at radius 3 is 2.89 bits per heavy atom. The summed E-state index contributed by atoms with van der Waals surface area (Å²) < 4.78 is 37.7. The van der Waals surface area contributed by atoms with E-state index in [1.54, 1.807) is 6.07 Å². The summed E-state index contributed by atoms with van der Waals surface area (Å²) in [6.07, 6.45) is 2.91. The predicted octanol–water partition coefficient (Wildman–Crippen LogP) is 2.82. The Morgan fingerprint density at radius 2 is 2.21 bits per heavy atom. The minimum atomic E-state index is -2.86. The predicted molar refractivity (Wildman–Crippen MR) is 66.9 cm³/mol. The largest absolute Gasteiger partial charge is 0.454 e. The molecule has 3 rings (SSSR count). The van der Waals surface area contributed by atoms with Crippen LogP contribution in [-0.2, 0) is 12.3 Å². The fraction of sp³-hybridized carbons (Fsp3) is 0.571. The maximum atomic E-state index is 13.5. The molecule has 0 radical (unpaired) electrons. The Morgan fingerprint density at radius 1 is 1.37 bits per heavy atom. The highest BCUT2D eigenvalue weighted by atomic mass is 19.3. The number of rotatable bonds is 3. The van der Waals surface area contributed by atoms with E-state index in [-0.39, 0.29) is 12.4 Å². The number of nitrogens with one attached hydrogen (secondary N) is 1. The Balaban J connectivity index is 1.94. The molecule has 1 N–H and O–H groups in total. The van der Waals surface area contributed by atoms with Crippen LogP contribution in [0, 0.1) is 0 Å². The smallest absolute Gasteiger partial charge is 0.270 e. The first kappa shape index (κ1) is 12.7. The summed E-state index contributed by atoms with van der Waals surface area (Å²) >= 11 is 0. The van der Waals surface area contributed by atoms with Gasteiger partial charge in [-0.1, -0.05) is 0 Å². The summed E-state index contributed by atoms with van der Waals surface area (Å²) in [5.41, 5.74) is 0.802. The van der Waals surface area contributed by atoms with Crippen LogP contribution in [0.15, 0.2) is 12.1 Å². The summed E-state index contributed by atoms with van der Waals surface area (Å²) in [4.78, 5) is 0. The van der Waals surface area contributed by atoms with Crippen molar-refractivity contribution in [2.45, 2.75) is 38.2 Å². The van der Waals surface area contributed by atoms with Gasteiger partial charge in [0.25, 0.3) is 5.92 Å². The van der Waals surface area contributed by atoms with Gasteiger partial charge in [-0.05, 0) is 37.9 Å². The van der Waals surface area contributed by atoms with Crippen LogP contribution in [0.1, 0.15) is 30.9 Å². The Bertz CT molecular complexity index is 479. The molecule has 0 aromatic heterocycles. The van der Waals surface area contributed by atoms with Crippen molar-refractivity contribution < 1.29 is 18.3 Å². The molecular formula is C14H17F2NO2. The van der Waals surface area contributed by atoms with Crippen molar-refractivity contribution in [3.63, 3.8) is 0 Å². The normalized spacial score (nSPS) is 21.9. The SMILES string of the molecule is CC(F)(F)c1cc(CC2CCCN2)c2c(c1)OCO2. The summed E-state index contributed by atoms with van der Waals surface area (Å²) in [7, 11) is 0. The third-order valence-electron chi connectivity index (χ3n) is 3.69. The van der Waals surface area contributed by atoms with Gasteiger partial charge in [0.2, 0.25) is 6.79 Å². The third kappa shape index (κ3) is 2.52. The van der Waals surface area contributed by atoms with Gasteiger partial charge in [-0.2, -0.15) is 0 Å². The zero-order valence-corrected chi connectivity index (χ0v) is 10.8. The number of halogens is 2. The fourth-order valence-electron chi connectivity index (χ4n) is 2.68. The summed E-state index contributed by atoms with van der Waals surface area (Å²) in [5, 5.41) is 3.37. The standard InChI is InChI=1S/C14H17F2NO2/c1-14(15,16)10-5-9(6-11-3-2-4-17-11)13-12(7-10)18-8-19-13/h5,7,11,17H,2-4,6,8H2,1H3. The molecule has 104 valence electrons. The van der Waals surface area contributed by atoms with Crippen LogP contribution >= 0.6 is 0 Å². The van der Waals surface area contributed by atoms with Gasteiger partial charge in [0, 0.05) is 24.1 Å². The average molecular weight is 269 g/mol. The molecule has 19 heavy (non-hydrogen) atoms. The Labute approximate surface area is 110 Å². The second-order valence-electron chi connectivity index (χ2n) is 5.25. The first-order valence-corrected chi connectivity index (χ1v) is 6.58. The van der Waals surface area contributed by atoms with Gasteiger partial charge < -0.3 is 14.8 Å². The molecule has 2 aliphatic rings. The fourth-order valence-corrected chi connectivity index (χ4v) is 2.68. The van der Waals surface area contributed by atoms with Crippen molar-refractivity contribution in [1.29, 1.82) is 0 Å². The maximum absolute atomic E-state index is 13.5. The lowest BCUT2D eigenvalue weighted by atomic mass is 9.98. The molecule has 1 atom stereocenters. The van der Waals surface area contributed by atoms with E-state index in [2.05, 4.69) is 5.32 Å². The number of hydrogen-bond acceptors (Lipinski definition) is 3. The molecule has 0 spiro atoms. The van der Waals surface area contributed by atoms with Crippen LogP contribution in [0.5, 0.6) is 11.5 Å². The maximum Gasteiger partial charge on any atom is 0.270 e. The topological polar surface area (TPSA) is 30.5 Å². The highest BCUT2D eigenvalue weighted by Crippen LogP contribution is 2.41. The lowest BCUT2D eigenvalue weighted by Gasteiger charge is -2.16. The molecule has 0 bridgehead atoms. The van der Waals surface area contributed by atoms with Gasteiger partial charge in [0.15, 0.2) is 11.5 Å². The summed E-state index contributed by atoms with van der Waals surface area (Å²) in [5.74, 6) is -1.80. The van der Waals surface area contributed by atoms with Crippen LogP contribution < -0.4 is 14.8 Å². The number of alkyl halides is 2. The lowest BCUT2D eigenvalue weighted by Crippen LogP contribution is -2.24. The van der Waals surface area contributed by atoms with Gasteiger partial charge in [-0.15, -0.1) is 0 Å². The van der Waals surface area contributed by atoms with Crippen LogP contribution in [0.25, 0.3) is 0 Å². The van der Waals surface area contributed by atoms with Gasteiger partial charge >= 0.3 is 0 Å². The number of fused-ring (bicyclic) bond motifs is 1. The Hall–Kier alpha value is -1.36. The van der Waals surface area contributed by atoms with E-state index in [0.717, 1.165) is 31.9 Å². The second-order valence-corrected chi connectivity index (χ2v) is 5.25. The van der Waals surface area contributed by atoms with Crippen LogP contribution in [-0.4, -0.2) is 19.4 Å². The van der Waals surface area contributed by atoms with Gasteiger partial charge in [-0.25, -0.2) is 8.78 Å². The minimum Gasteiger partial charge on any atom is -0.454 e. The van der Waals surface area contributed by atoms with E-state index in [1.165, 1.54) is 6.07 Å². The van der Waals surface area contributed by atoms with Crippen molar-refractivity contribution in [2.24, 2.45) is 0 Å². The van der Waals surface area contributed by atoms with Crippen LogP contribution in [0.4, 0.5) is 8.78 Å². The van der Waals surface area contributed by atoms with Crippen molar-refractivity contribution in [1.82, 2.24) is 5.32 Å². The molecule has 0 saturated carbocycles. The van der Waals surface area contributed by atoms with Gasteiger partial charge in [-0.3, -0.25) is 0 Å². The van der Waals surface area contributed by atoms with E-state index in [9.17, 15) is 8.78 Å². The number of hydrogen-bond donors (Lipinski definition) is 1. The minimum absolute atomic E-state index is 0.00949. The first-order chi connectivity index (χ1) is 9.04. The molecule has 1 fully saturated rings. The molecule has 2 aliphatic heterocycles. The molecular weight excluding hydrogens is 252 g/mol. The van der Waals surface area contributed by atoms with E-state index in [1.807, 2.05) is 0 Å². The molecule has 5 heteroatoms. The first-order valence-electron chi connectivity index (χ1n) is 6.58. The molecule has 1 aromatic rings. The quantitative estimate of drug-likeness (QED) is 0.915. The Kier molecular flexibility index (Phi) is 3.09.